The largest absolute Gasteiger partial charge is 0.371 e. The summed E-state index contributed by atoms with van der Waals surface area (Å²) < 4.78 is 38.2. The number of nitrogens with zero attached hydrogens (tertiary/aromatic N) is 3. The van der Waals surface area contributed by atoms with Crippen LogP contribution in [0.1, 0.15) is 25.7 Å². The fourth-order valence-corrected chi connectivity index (χ4v) is 4.90. The molecule has 0 amide bonds. The topological polar surface area (TPSA) is 77.0 Å². The van der Waals surface area contributed by atoms with E-state index in [2.05, 4.69) is 20.5 Å². The van der Waals surface area contributed by atoms with Crippen LogP contribution in [0.25, 0.3) is 0 Å². The molecule has 0 aliphatic carbocycles. The molecule has 162 valence electrons. The third kappa shape index (κ3) is 6.30. The van der Waals surface area contributed by atoms with E-state index in [4.69, 9.17) is 0 Å². The lowest BCUT2D eigenvalue weighted by Gasteiger charge is -2.35. The Morgan fingerprint density at radius 1 is 1.17 bits per heavy atom. The molecule has 0 spiro atoms. The van der Waals surface area contributed by atoms with Crippen molar-refractivity contribution < 1.29 is 12.8 Å². The van der Waals surface area contributed by atoms with Crippen LogP contribution in [0.4, 0.5) is 10.1 Å². The van der Waals surface area contributed by atoms with Crippen LogP contribution in [-0.2, 0) is 10.0 Å². The van der Waals surface area contributed by atoms with Crippen molar-refractivity contribution in [3.63, 3.8) is 0 Å². The molecule has 0 unspecified atom stereocenters. The van der Waals surface area contributed by atoms with E-state index < -0.39 is 10.0 Å². The quantitative estimate of drug-likeness (QED) is 0.554. The van der Waals surface area contributed by atoms with Crippen LogP contribution in [-0.4, -0.2) is 70.8 Å². The third-order valence-corrected chi connectivity index (χ3v) is 7.14. The summed E-state index contributed by atoms with van der Waals surface area (Å²) in [4.78, 5) is 6.55. The molecule has 2 N–H and O–H groups in total. The van der Waals surface area contributed by atoms with Crippen LogP contribution in [0.15, 0.2) is 29.3 Å². The van der Waals surface area contributed by atoms with Gasteiger partial charge in [-0.3, -0.25) is 4.99 Å². The number of nitrogens with one attached hydrogen (secondary N) is 2. The molecule has 2 aliphatic heterocycles. The summed E-state index contributed by atoms with van der Waals surface area (Å²) in [6.45, 7) is 3.73. The van der Waals surface area contributed by atoms with E-state index in [0.717, 1.165) is 57.0 Å². The Kier molecular flexibility index (Phi) is 7.34. The van der Waals surface area contributed by atoms with Gasteiger partial charge >= 0.3 is 0 Å². The molecule has 1 aromatic rings. The molecule has 0 radical (unpaired) electrons. The molecule has 2 fully saturated rings. The van der Waals surface area contributed by atoms with Gasteiger partial charge in [-0.05, 0) is 49.8 Å². The summed E-state index contributed by atoms with van der Waals surface area (Å²) in [6.07, 6.45) is 4.93. The lowest BCUT2D eigenvalue weighted by molar-refractivity contribution is 0.274. The number of aliphatic imine (C=N–C) groups is 1. The van der Waals surface area contributed by atoms with Crippen LogP contribution < -0.4 is 15.5 Å². The molecule has 2 saturated heterocycles. The van der Waals surface area contributed by atoms with Crippen molar-refractivity contribution in [3.05, 3.63) is 30.1 Å². The van der Waals surface area contributed by atoms with E-state index in [1.807, 2.05) is 6.07 Å². The third-order valence-electron chi connectivity index (χ3n) is 5.83. The molecule has 29 heavy (non-hydrogen) atoms. The average molecular weight is 426 g/mol. The van der Waals surface area contributed by atoms with E-state index in [9.17, 15) is 12.8 Å². The van der Waals surface area contributed by atoms with E-state index in [-0.39, 0.29) is 5.82 Å². The second-order valence-electron chi connectivity index (χ2n) is 7.94. The molecule has 3 rings (SSSR count). The monoisotopic (exact) mass is 425 g/mol. The lowest BCUT2D eigenvalue weighted by Crippen LogP contribution is -2.50. The number of anilines is 1. The Hall–Kier alpha value is -1.87. The Morgan fingerprint density at radius 3 is 2.45 bits per heavy atom. The fraction of sp³-hybridized carbons (Fsp3) is 0.650. The zero-order valence-electron chi connectivity index (χ0n) is 17.3. The van der Waals surface area contributed by atoms with Crippen molar-refractivity contribution in [3.8, 4) is 0 Å². The molecule has 7 nitrogen and oxygen atoms in total. The number of benzene rings is 1. The minimum Gasteiger partial charge on any atom is -0.371 e. The highest BCUT2D eigenvalue weighted by Gasteiger charge is 2.25. The van der Waals surface area contributed by atoms with Gasteiger partial charge in [0.25, 0.3) is 0 Å². The predicted octanol–water partition coefficient (Wildman–Crippen LogP) is 1.63. The van der Waals surface area contributed by atoms with Gasteiger partial charge in [-0.25, -0.2) is 17.1 Å². The van der Waals surface area contributed by atoms with Crippen LogP contribution in [0.5, 0.6) is 0 Å². The van der Waals surface area contributed by atoms with Crippen molar-refractivity contribution in [2.24, 2.45) is 10.9 Å². The van der Waals surface area contributed by atoms with Gasteiger partial charge in [0, 0.05) is 51.5 Å². The first-order valence-electron chi connectivity index (χ1n) is 10.3. The second kappa shape index (κ2) is 9.75. The first-order chi connectivity index (χ1) is 13.8. The zero-order chi connectivity index (χ0) is 20.9. The lowest BCUT2D eigenvalue weighted by atomic mass is 9.98. The van der Waals surface area contributed by atoms with Crippen molar-refractivity contribution >= 4 is 21.7 Å². The predicted molar refractivity (Wildman–Crippen MR) is 115 cm³/mol. The van der Waals surface area contributed by atoms with Gasteiger partial charge in [0.15, 0.2) is 5.96 Å². The van der Waals surface area contributed by atoms with E-state index in [0.29, 0.717) is 25.0 Å². The van der Waals surface area contributed by atoms with Gasteiger partial charge in [-0.2, -0.15) is 0 Å². The summed E-state index contributed by atoms with van der Waals surface area (Å²) in [5, 5.41) is 6.89. The first-order valence-corrected chi connectivity index (χ1v) is 12.1. The molecular weight excluding hydrogens is 393 g/mol. The standard InChI is InChI=1S/C20H32FN5O2S/c1-22-20(23-15-16-6-12-26(13-7-16)29(2,27)28)24-18-8-10-25(11-9-18)19-5-3-4-17(21)14-19/h3-5,14,16,18H,6-13,15H2,1-2H3,(H2,22,23,24). The number of rotatable bonds is 5. The minimum atomic E-state index is -3.08. The van der Waals surface area contributed by atoms with E-state index in [1.54, 1.807) is 23.5 Å². The normalized spacial score (nSPS) is 20.7. The van der Waals surface area contributed by atoms with Gasteiger partial charge in [-0.15, -0.1) is 0 Å². The van der Waals surface area contributed by atoms with Gasteiger partial charge in [0.1, 0.15) is 5.82 Å². The Balaban J connectivity index is 1.40. The highest BCUT2D eigenvalue weighted by atomic mass is 32.2. The van der Waals surface area contributed by atoms with Crippen LogP contribution in [0, 0.1) is 11.7 Å². The van der Waals surface area contributed by atoms with E-state index in [1.165, 1.54) is 12.3 Å². The SMILES string of the molecule is CN=C(NCC1CCN(S(C)(=O)=O)CC1)NC1CCN(c2cccc(F)c2)CC1. The minimum absolute atomic E-state index is 0.199. The smallest absolute Gasteiger partial charge is 0.211 e. The van der Waals surface area contributed by atoms with Crippen molar-refractivity contribution in [1.29, 1.82) is 0 Å². The Labute approximate surface area is 173 Å². The number of sulfonamides is 1. The van der Waals surface area contributed by atoms with Crippen molar-refractivity contribution in [1.82, 2.24) is 14.9 Å². The van der Waals surface area contributed by atoms with E-state index >= 15 is 0 Å². The van der Waals surface area contributed by atoms with Gasteiger partial charge < -0.3 is 15.5 Å². The molecule has 0 atom stereocenters. The zero-order valence-corrected chi connectivity index (χ0v) is 18.1. The Bertz CT molecular complexity index is 801. The molecular formula is C20H32FN5O2S. The maximum atomic E-state index is 13.4. The van der Waals surface area contributed by atoms with Gasteiger partial charge in [0.05, 0.1) is 6.26 Å². The van der Waals surface area contributed by atoms with Gasteiger partial charge in [0.2, 0.25) is 10.0 Å². The van der Waals surface area contributed by atoms with Crippen molar-refractivity contribution in [2.75, 3.05) is 50.9 Å². The van der Waals surface area contributed by atoms with Crippen LogP contribution >= 0.6 is 0 Å². The first kappa shape index (κ1) is 21.8. The molecule has 2 aliphatic rings. The fourth-order valence-electron chi connectivity index (χ4n) is 4.03. The maximum absolute atomic E-state index is 13.4. The Morgan fingerprint density at radius 2 is 1.86 bits per heavy atom. The summed E-state index contributed by atoms with van der Waals surface area (Å²) in [5.74, 6) is 1.04. The van der Waals surface area contributed by atoms with Crippen LogP contribution in [0.3, 0.4) is 0 Å². The molecule has 0 saturated carbocycles. The summed E-state index contributed by atoms with van der Waals surface area (Å²) in [6, 6.07) is 7.09. The average Bonchev–Trinajstić information content (AvgIpc) is 2.71. The second-order valence-corrected chi connectivity index (χ2v) is 9.93. The highest BCUT2D eigenvalue weighted by Crippen LogP contribution is 2.21. The molecule has 9 heteroatoms. The molecule has 0 aromatic heterocycles. The summed E-state index contributed by atoms with van der Waals surface area (Å²) >= 11 is 0. The van der Waals surface area contributed by atoms with Crippen molar-refractivity contribution in [2.45, 2.75) is 31.7 Å². The summed E-state index contributed by atoms with van der Waals surface area (Å²) in [5.41, 5.74) is 0.936. The maximum Gasteiger partial charge on any atom is 0.211 e. The molecule has 2 heterocycles. The number of hydrogen-bond acceptors (Lipinski definition) is 4. The molecule has 1 aromatic carbocycles. The van der Waals surface area contributed by atoms with Gasteiger partial charge in [-0.1, -0.05) is 6.07 Å². The van der Waals surface area contributed by atoms with Crippen LogP contribution in [0.2, 0.25) is 0 Å². The summed E-state index contributed by atoms with van der Waals surface area (Å²) in [7, 11) is -1.31. The highest BCUT2D eigenvalue weighted by molar-refractivity contribution is 7.88. The number of hydrogen-bond donors (Lipinski definition) is 2. The number of guanidine groups is 1. The molecule has 0 bridgehead atoms. The number of piperidine rings is 2. The number of halogens is 1.